The fourth-order valence-corrected chi connectivity index (χ4v) is 2.24. The monoisotopic (exact) mass is 241 g/mol. The number of carbonyl (C=O) groups is 1. The molecular weight excluding hydrogens is 210 g/mol. The van der Waals surface area contributed by atoms with E-state index < -0.39 is 0 Å². The first-order valence-electron chi connectivity index (χ1n) is 7.13. The predicted octanol–water partition coefficient (Wildman–Crippen LogP) is 3.93. The van der Waals surface area contributed by atoms with E-state index in [1.807, 2.05) is 0 Å². The van der Waals surface area contributed by atoms with Crippen LogP contribution in [0.1, 0.15) is 72.6 Å². The van der Waals surface area contributed by atoms with Gasteiger partial charge in [0, 0.05) is 12.8 Å². The lowest BCUT2D eigenvalue weighted by Gasteiger charge is -2.30. The Kier molecular flexibility index (Phi) is 8.49. The van der Waals surface area contributed by atoms with Crippen molar-refractivity contribution in [2.24, 2.45) is 17.1 Å². The van der Waals surface area contributed by atoms with E-state index >= 15 is 0 Å². The van der Waals surface area contributed by atoms with E-state index in [0.29, 0.717) is 11.7 Å². The molecule has 0 fully saturated rings. The van der Waals surface area contributed by atoms with E-state index in [4.69, 9.17) is 5.73 Å². The summed E-state index contributed by atoms with van der Waals surface area (Å²) in [4.78, 5) is 11.7. The average Bonchev–Trinajstić information content (AvgIpc) is 2.23. The molecule has 2 heteroatoms. The molecule has 2 N–H and O–H groups in total. The van der Waals surface area contributed by atoms with E-state index in [2.05, 4.69) is 27.7 Å². The summed E-state index contributed by atoms with van der Waals surface area (Å²) in [5.41, 5.74) is 5.91. The highest BCUT2D eigenvalue weighted by atomic mass is 16.1. The van der Waals surface area contributed by atoms with E-state index in [1.54, 1.807) is 0 Å². The van der Waals surface area contributed by atoms with Gasteiger partial charge in [0.2, 0.25) is 0 Å². The quantitative estimate of drug-likeness (QED) is 0.622. The second-order valence-corrected chi connectivity index (χ2v) is 6.17. The van der Waals surface area contributed by atoms with Gasteiger partial charge < -0.3 is 5.73 Å². The molecule has 102 valence electrons. The molecule has 0 aromatic carbocycles. The van der Waals surface area contributed by atoms with Gasteiger partial charge in [0.1, 0.15) is 5.78 Å². The van der Waals surface area contributed by atoms with Crippen LogP contribution in [-0.4, -0.2) is 12.3 Å². The van der Waals surface area contributed by atoms with Crippen LogP contribution in [0.2, 0.25) is 0 Å². The van der Waals surface area contributed by atoms with E-state index in [1.165, 1.54) is 12.8 Å². The largest absolute Gasteiger partial charge is 0.330 e. The molecule has 0 saturated carbocycles. The third-order valence-electron chi connectivity index (χ3n) is 3.57. The van der Waals surface area contributed by atoms with Crippen molar-refractivity contribution in [1.29, 1.82) is 0 Å². The minimum Gasteiger partial charge on any atom is -0.330 e. The van der Waals surface area contributed by atoms with Gasteiger partial charge >= 0.3 is 0 Å². The van der Waals surface area contributed by atoms with Gasteiger partial charge in [-0.2, -0.15) is 0 Å². The zero-order chi connectivity index (χ0) is 13.3. The van der Waals surface area contributed by atoms with Crippen LogP contribution >= 0.6 is 0 Å². The predicted molar refractivity (Wildman–Crippen MR) is 75.0 cm³/mol. The first-order chi connectivity index (χ1) is 7.91. The molecule has 0 bridgehead atoms. The van der Waals surface area contributed by atoms with Crippen LogP contribution in [0.15, 0.2) is 0 Å². The molecule has 2 nitrogen and oxygen atoms in total. The first kappa shape index (κ1) is 16.6. The van der Waals surface area contributed by atoms with Gasteiger partial charge in [-0.25, -0.2) is 0 Å². The zero-order valence-corrected chi connectivity index (χ0v) is 12.2. The molecule has 0 spiro atoms. The van der Waals surface area contributed by atoms with Crippen molar-refractivity contribution in [2.75, 3.05) is 6.54 Å². The molecule has 0 radical (unpaired) electrons. The van der Waals surface area contributed by atoms with Crippen LogP contribution in [0.25, 0.3) is 0 Å². The molecule has 0 amide bonds. The van der Waals surface area contributed by atoms with E-state index in [9.17, 15) is 4.79 Å². The zero-order valence-electron chi connectivity index (χ0n) is 12.2. The Morgan fingerprint density at radius 2 is 1.76 bits per heavy atom. The molecule has 0 aliphatic rings. The van der Waals surface area contributed by atoms with Gasteiger partial charge in [-0.15, -0.1) is 0 Å². The van der Waals surface area contributed by atoms with Crippen molar-refractivity contribution in [2.45, 2.75) is 72.6 Å². The second kappa shape index (κ2) is 8.68. The summed E-state index contributed by atoms with van der Waals surface area (Å²) in [7, 11) is 0. The fourth-order valence-electron chi connectivity index (χ4n) is 2.24. The lowest BCUT2D eigenvalue weighted by molar-refractivity contribution is -0.119. The Morgan fingerprint density at radius 3 is 2.24 bits per heavy atom. The molecule has 17 heavy (non-hydrogen) atoms. The highest BCUT2D eigenvalue weighted by Gasteiger charge is 2.24. The highest BCUT2D eigenvalue weighted by molar-refractivity contribution is 5.78. The Balaban J connectivity index is 3.92. The number of rotatable bonds is 9. The van der Waals surface area contributed by atoms with Crippen LogP contribution in [-0.2, 0) is 4.79 Å². The Labute approximate surface area is 107 Å². The van der Waals surface area contributed by atoms with Gasteiger partial charge in [-0.05, 0) is 37.1 Å². The summed E-state index contributed by atoms with van der Waals surface area (Å²) >= 11 is 0. The van der Waals surface area contributed by atoms with Gasteiger partial charge in [0.25, 0.3) is 0 Å². The topological polar surface area (TPSA) is 43.1 Å². The maximum Gasteiger partial charge on any atom is 0.132 e. The third kappa shape index (κ3) is 8.37. The SMILES string of the molecule is CCCCCC(=O)CCC(CCN)C(C)(C)C. The molecule has 0 aliphatic heterocycles. The Bertz CT molecular complexity index is 205. The first-order valence-corrected chi connectivity index (χ1v) is 7.13. The highest BCUT2D eigenvalue weighted by Crippen LogP contribution is 2.32. The normalized spacial score (nSPS) is 13.7. The third-order valence-corrected chi connectivity index (χ3v) is 3.57. The van der Waals surface area contributed by atoms with Crippen molar-refractivity contribution in [3.05, 3.63) is 0 Å². The summed E-state index contributed by atoms with van der Waals surface area (Å²) in [6.45, 7) is 9.63. The van der Waals surface area contributed by atoms with Crippen LogP contribution in [0.3, 0.4) is 0 Å². The van der Waals surface area contributed by atoms with Crippen LogP contribution in [0, 0.1) is 11.3 Å². The molecule has 0 rings (SSSR count). The molecule has 1 unspecified atom stereocenters. The Hall–Kier alpha value is -0.370. The maximum atomic E-state index is 11.7. The summed E-state index contributed by atoms with van der Waals surface area (Å²) in [6, 6.07) is 0. The molecule has 0 aromatic rings. The lowest BCUT2D eigenvalue weighted by Crippen LogP contribution is -2.24. The summed E-state index contributed by atoms with van der Waals surface area (Å²) in [6.07, 6.45) is 6.98. The number of unbranched alkanes of at least 4 members (excludes halogenated alkanes) is 2. The molecular formula is C15H31NO. The number of carbonyl (C=O) groups excluding carboxylic acids is 1. The van der Waals surface area contributed by atoms with Crippen LogP contribution in [0.4, 0.5) is 0 Å². The number of Topliss-reactive ketones (excluding diaryl/α,β-unsaturated/α-hetero) is 1. The van der Waals surface area contributed by atoms with Gasteiger partial charge in [-0.1, -0.05) is 40.5 Å². The van der Waals surface area contributed by atoms with Crippen molar-refractivity contribution >= 4 is 5.78 Å². The standard InChI is InChI=1S/C15H31NO/c1-5-6-7-8-14(17)10-9-13(11-12-16)15(2,3)4/h13H,5-12,16H2,1-4H3. The fraction of sp³-hybridized carbons (Fsp3) is 0.933. The van der Waals surface area contributed by atoms with Crippen LogP contribution < -0.4 is 5.73 Å². The summed E-state index contributed by atoms with van der Waals surface area (Å²) in [5, 5.41) is 0. The van der Waals surface area contributed by atoms with Gasteiger partial charge in [-0.3, -0.25) is 4.79 Å². The van der Waals surface area contributed by atoms with E-state index in [-0.39, 0.29) is 5.41 Å². The lowest BCUT2D eigenvalue weighted by atomic mass is 9.76. The van der Waals surface area contributed by atoms with Crippen molar-refractivity contribution in [3.63, 3.8) is 0 Å². The average molecular weight is 241 g/mol. The summed E-state index contributed by atoms with van der Waals surface area (Å²) in [5.74, 6) is 1.01. The number of hydrogen-bond acceptors (Lipinski definition) is 2. The van der Waals surface area contributed by atoms with Gasteiger partial charge in [0.15, 0.2) is 0 Å². The molecule has 1 atom stereocenters. The Morgan fingerprint density at radius 1 is 1.12 bits per heavy atom. The van der Waals surface area contributed by atoms with Crippen LogP contribution in [0.5, 0.6) is 0 Å². The number of nitrogens with two attached hydrogens (primary N) is 1. The molecule has 0 saturated heterocycles. The molecule has 0 aromatic heterocycles. The number of ketones is 1. The number of hydrogen-bond donors (Lipinski definition) is 1. The van der Waals surface area contributed by atoms with Crippen molar-refractivity contribution < 1.29 is 4.79 Å². The smallest absolute Gasteiger partial charge is 0.132 e. The molecule has 0 heterocycles. The van der Waals surface area contributed by atoms with Crippen molar-refractivity contribution in [3.8, 4) is 0 Å². The second-order valence-electron chi connectivity index (χ2n) is 6.17. The van der Waals surface area contributed by atoms with Gasteiger partial charge in [0.05, 0.1) is 0 Å². The van der Waals surface area contributed by atoms with Crippen molar-refractivity contribution in [1.82, 2.24) is 0 Å². The minimum atomic E-state index is 0.267. The summed E-state index contributed by atoms with van der Waals surface area (Å²) < 4.78 is 0. The van der Waals surface area contributed by atoms with E-state index in [0.717, 1.165) is 38.6 Å². The minimum absolute atomic E-state index is 0.267. The molecule has 0 aliphatic carbocycles. The maximum absolute atomic E-state index is 11.7.